The third kappa shape index (κ3) is 4.75. The van der Waals surface area contributed by atoms with E-state index in [2.05, 4.69) is 26.3 Å². The molecule has 1 saturated carbocycles. The molecule has 5 rings (SSSR count). The average molecular weight is 469 g/mol. The Morgan fingerprint density at radius 3 is 2.67 bits per heavy atom. The topological polar surface area (TPSA) is 61.6 Å². The molecule has 6 nitrogen and oxygen atoms in total. The van der Waals surface area contributed by atoms with E-state index >= 15 is 0 Å². The van der Waals surface area contributed by atoms with Gasteiger partial charge in [0.25, 0.3) is 5.91 Å². The van der Waals surface area contributed by atoms with Crippen molar-refractivity contribution in [2.24, 2.45) is 5.92 Å². The molecule has 0 atom stereocenters. The first-order valence-corrected chi connectivity index (χ1v) is 11.7. The van der Waals surface area contributed by atoms with E-state index < -0.39 is 11.7 Å². The van der Waals surface area contributed by atoms with Crippen LogP contribution in [0.15, 0.2) is 47.0 Å². The van der Waals surface area contributed by atoms with Crippen molar-refractivity contribution in [2.45, 2.75) is 19.8 Å². The molecule has 1 aliphatic heterocycles. The molecule has 1 aromatic heterocycles. The number of anilines is 2. The lowest BCUT2D eigenvalue weighted by atomic mass is 10.0. The second-order valence-corrected chi connectivity index (χ2v) is 9.20. The number of carbonyl (C=O) groups excluding carboxylic acids is 1. The van der Waals surface area contributed by atoms with Gasteiger partial charge in [-0.3, -0.25) is 9.69 Å². The van der Waals surface area contributed by atoms with Gasteiger partial charge < -0.3 is 14.7 Å². The molecular weight excluding hydrogens is 443 g/mol. The summed E-state index contributed by atoms with van der Waals surface area (Å²) in [4.78, 5) is 18.0. The lowest BCUT2D eigenvalue weighted by Crippen LogP contribution is -2.47. The predicted molar refractivity (Wildman–Crippen MR) is 127 cm³/mol. The quantitative estimate of drug-likeness (QED) is 0.537. The van der Waals surface area contributed by atoms with Crippen molar-refractivity contribution in [1.29, 1.82) is 0 Å². The van der Waals surface area contributed by atoms with Gasteiger partial charge in [0.1, 0.15) is 22.8 Å². The Balaban J connectivity index is 1.32. The second-order valence-electron chi connectivity index (χ2n) is 8.79. The van der Waals surface area contributed by atoms with Crippen LogP contribution < -0.4 is 10.2 Å². The van der Waals surface area contributed by atoms with E-state index in [9.17, 15) is 9.18 Å². The van der Waals surface area contributed by atoms with Gasteiger partial charge >= 0.3 is 0 Å². The highest BCUT2D eigenvalue weighted by Gasteiger charge is 2.27. The highest BCUT2D eigenvalue weighted by atomic mass is 35.5. The minimum absolute atomic E-state index is 0.0546. The lowest BCUT2D eigenvalue weighted by molar-refractivity contribution is 0.102. The van der Waals surface area contributed by atoms with Crippen LogP contribution in [0.25, 0.3) is 11.3 Å². The Bertz CT molecular complexity index is 1150. The molecule has 8 heteroatoms. The molecule has 2 aliphatic rings. The van der Waals surface area contributed by atoms with Crippen molar-refractivity contribution in [3.63, 3.8) is 0 Å². The summed E-state index contributed by atoms with van der Waals surface area (Å²) in [6.45, 7) is 6.88. The first-order chi connectivity index (χ1) is 16.0. The van der Waals surface area contributed by atoms with Gasteiger partial charge in [0.05, 0.1) is 10.6 Å². The molecule has 2 fully saturated rings. The summed E-state index contributed by atoms with van der Waals surface area (Å²) in [7, 11) is 0. The van der Waals surface area contributed by atoms with E-state index in [0.29, 0.717) is 11.4 Å². The first-order valence-electron chi connectivity index (χ1n) is 11.3. The maximum absolute atomic E-state index is 14.5. The number of amides is 1. The third-order valence-corrected chi connectivity index (χ3v) is 6.66. The van der Waals surface area contributed by atoms with Crippen LogP contribution in [0, 0.1) is 18.7 Å². The third-order valence-electron chi connectivity index (χ3n) is 6.34. The zero-order valence-corrected chi connectivity index (χ0v) is 19.2. The molecule has 1 N–H and O–H groups in total. The van der Waals surface area contributed by atoms with E-state index in [1.807, 2.05) is 18.2 Å². The maximum Gasteiger partial charge on any atom is 0.261 e. The summed E-state index contributed by atoms with van der Waals surface area (Å²) in [5, 5.41) is 7.00. The number of aromatic nitrogens is 1. The molecule has 1 saturated heterocycles. The van der Waals surface area contributed by atoms with Crippen molar-refractivity contribution in [3.8, 4) is 11.3 Å². The molecule has 33 heavy (non-hydrogen) atoms. The van der Waals surface area contributed by atoms with Gasteiger partial charge in [-0.25, -0.2) is 4.39 Å². The first kappa shape index (κ1) is 21.9. The van der Waals surface area contributed by atoms with Crippen molar-refractivity contribution < 1.29 is 13.7 Å². The molecule has 2 aromatic carbocycles. The zero-order chi connectivity index (χ0) is 22.9. The fourth-order valence-corrected chi connectivity index (χ4v) is 4.61. The van der Waals surface area contributed by atoms with Crippen molar-refractivity contribution >= 4 is 28.9 Å². The van der Waals surface area contributed by atoms with Crippen LogP contribution in [0.4, 0.5) is 15.8 Å². The predicted octanol–water partition coefficient (Wildman–Crippen LogP) is 5.23. The number of carbonyl (C=O) groups is 1. The zero-order valence-electron chi connectivity index (χ0n) is 18.5. The molecule has 1 amide bonds. The number of rotatable bonds is 6. The monoisotopic (exact) mass is 468 g/mol. The number of aryl methyl sites for hydroxylation is 1. The van der Waals surface area contributed by atoms with E-state index in [1.165, 1.54) is 31.5 Å². The molecule has 1 aliphatic carbocycles. The Kier molecular flexibility index (Phi) is 6.08. The Morgan fingerprint density at radius 1 is 1.18 bits per heavy atom. The fourth-order valence-electron chi connectivity index (χ4n) is 4.36. The number of piperazine rings is 1. The molecule has 0 spiro atoms. The van der Waals surface area contributed by atoms with Gasteiger partial charge in [0.2, 0.25) is 0 Å². The van der Waals surface area contributed by atoms with Crippen LogP contribution in [0.3, 0.4) is 0 Å². The van der Waals surface area contributed by atoms with Gasteiger partial charge in [-0.2, -0.15) is 0 Å². The summed E-state index contributed by atoms with van der Waals surface area (Å²) in [6, 6.07) is 12.1. The minimum Gasteiger partial charge on any atom is -0.369 e. The van der Waals surface area contributed by atoms with Gasteiger partial charge in [0, 0.05) is 44.1 Å². The van der Waals surface area contributed by atoms with E-state index in [4.69, 9.17) is 16.1 Å². The standard InChI is InChI=1S/C25H26ClFN4O2/c1-16-22(24(29-33-16)23-20(26)6-3-7-21(23)27)25(32)28-18-4-2-5-19(14-18)31-12-10-30(11-13-31)15-17-8-9-17/h2-7,14,17H,8-13,15H2,1H3,(H,28,32). The summed E-state index contributed by atoms with van der Waals surface area (Å²) in [6.07, 6.45) is 2.75. The van der Waals surface area contributed by atoms with E-state index in [1.54, 1.807) is 13.0 Å². The number of hydrogen-bond donors (Lipinski definition) is 1. The maximum atomic E-state index is 14.5. The number of benzene rings is 2. The molecule has 0 bridgehead atoms. The smallest absolute Gasteiger partial charge is 0.261 e. The summed E-state index contributed by atoms with van der Waals surface area (Å²) < 4.78 is 19.7. The van der Waals surface area contributed by atoms with Crippen LogP contribution in [0.1, 0.15) is 29.0 Å². The Morgan fingerprint density at radius 2 is 1.94 bits per heavy atom. The largest absolute Gasteiger partial charge is 0.369 e. The minimum atomic E-state index is -0.562. The van der Waals surface area contributed by atoms with Gasteiger partial charge in [-0.1, -0.05) is 28.9 Å². The van der Waals surface area contributed by atoms with Crippen molar-refractivity contribution in [1.82, 2.24) is 10.1 Å². The number of hydrogen-bond acceptors (Lipinski definition) is 5. The SMILES string of the molecule is Cc1onc(-c2c(F)cccc2Cl)c1C(=O)Nc1cccc(N2CCN(CC3CC3)CC2)c1. The molecule has 3 aromatic rings. The van der Waals surface area contributed by atoms with Gasteiger partial charge in [0.15, 0.2) is 0 Å². The Labute approximate surface area is 197 Å². The number of nitrogens with one attached hydrogen (secondary N) is 1. The summed E-state index contributed by atoms with van der Waals surface area (Å²) in [5.41, 5.74) is 2.04. The lowest BCUT2D eigenvalue weighted by Gasteiger charge is -2.36. The highest BCUT2D eigenvalue weighted by Crippen LogP contribution is 2.34. The fraction of sp³-hybridized carbons (Fsp3) is 0.360. The molecule has 0 unspecified atom stereocenters. The molecular formula is C25H26ClFN4O2. The normalized spacial score (nSPS) is 16.8. The second kappa shape index (κ2) is 9.15. The van der Waals surface area contributed by atoms with Crippen LogP contribution in [-0.2, 0) is 0 Å². The Hall–Kier alpha value is -2.90. The number of halogens is 2. The van der Waals surface area contributed by atoms with Crippen LogP contribution in [0.2, 0.25) is 5.02 Å². The van der Waals surface area contributed by atoms with Crippen molar-refractivity contribution in [3.05, 3.63) is 64.6 Å². The van der Waals surface area contributed by atoms with Crippen molar-refractivity contribution in [2.75, 3.05) is 42.9 Å². The summed E-state index contributed by atoms with van der Waals surface area (Å²) in [5.74, 6) is 0.215. The van der Waals surface area contributed by atoms with E-state index in [-0.39, 0.29) is 21.8 Å². The van der Waals surface area contributed by atoms with Crippen LogP contribution >= 0.6 is 11.6 Å². The van der Waals surface area contributed by atoms with Crippen LogP contribution in [-0.4, -0.2) is 48.7 Å². The van der Waals surface area contributed by atoms with E-state index in [0.717, 1.165) is 37.8 Å². The van der Waals surface area contributed by atoms with Gasteiger partial charge in [-0.05, 0) is 56.0 Å². The number of nitrogens with zero attached hydrogens (tertiary/aromatic N) is 3. The van der Waals surface area contributed by atoms with Crippen LogP contribution in [0.5, 0.6) is 0 Å². The molecule has 0 radical (unpaired) electrons. The molecule has 2 heterocycles. The summed E-state index contributed by atoms with van der Waals surface area (Å²) >= 11 is 6.20. The van der Waals surface area contributed by atoms with Gasteiger partial charge in [-0.15, -0.1) is 0 Å². The average Bonchev–Trinajstić information content (AvgIpc) is 3.54. The highest BCUT2D eigenvalue weighted by molar-refractivity contribution is 6.33. The molecule has 172 valence electrons.